The van der Waals surface area contributed by atoms with Gasteiger partial charge in [0.15, 0.2) is 12.2 Å². The lowest BCUT2D eigenvalue weighted by molar-refractivity contribution is 0.469. The molecule has 2 aromatic carbocycles. The molecule has 3 rings (SSSR count). The first-order valence-electron chi connectivity index (χ1n) is 6.74. The van der Waals surface area contributed by atoms with Crippen molar-refractivity contribution in [3.05, 3.63) is 66.2 Å². The van der Waals surface area contributed by atoms with Gasteiger partial charge in [-0.25, -0.2) is 4.98 Å². The number of phenols is 1. The van der Waals surface area contributed by atoms with E-state index >= 15 is 0 Å². The highest BCUT2D eigenvalue weighted by atomic mass is 16.3. The molecule has 0 spiro atoms. The smallest absolute Gasteiger partial charge is 0.181 e. The number of nitrogens with zero attached hydrogens (tertiary/aromatic N) is 1. The quantitative estimate of drug-likeness (QED) is 0.759. The third kappa shape index (κ3) is 3.05. The zero-order valence-corrected chi connectivity index (χ0v) is 11.7. The Morgan fingerprint density at radius 1 is 1.14 bits per heavy atom. The Morgan fingerprint density at radius 3 is 2.67 bits per heavy atom. The van der Waals surface area contributed by atoms with Gasteiger partial charge in [-0.1, -0.05) is 17.7 Å². The molecule has 0 bridgehead atoms. The summed E-state index contributed by atoms with van der Waals surface area (Å²) in [6, 6.07) is 13.5. The Morgan fingerprint density at radius 2 is 1.95 bits per heavy atom. The van der Waals surface area contributed by atoms with Gasteiger partial charge in [0.2, 0.25) is 0 Å². The summed E-state index contributed by atoms with van der Waals surface area (Å²) in [6.07, 6.45) is 3.11. The van der Waals surface area contributed by atoms with Gasteiger partial charge in [-0.05, 0) is 37.3 Å². The average Bonchev–Trinajstić information content (AvgIpc) is 3.03. The van der Waals surface area contributed by atoms with E-state index in [1.54, 1.807) is 12.3 Å². The second-order valence-corrected chi connectivity index (χ2v) is 4.93. The van der Waals surface area contributed by atoms with Crippen molar-refractivity contribution >= 4 is 5.69 Å². The van der Waals surface area contributed by atoms with Gasteiger partial charge in [0.25, 0.3) is 0 Å². The fourth-order valence-corrected chi connectivity index (χ4v) is 2.16. The van der Waals surface area contributed by atoms with Crippen LogP contribution in [-0.2, 0) is 6.54 Å². The van der Waals surface area contributed by atoms with E-state index in [1.165, 1.54) is 6.39 Å². The van der Waals surface area contributed by atoms with E-state index in [0.717, 1.165) is 28.1 Å². The summed E-state index contributed by atoms with van der Waals surface area (Å²) in [5, 5.41) is 13.1. The molecule has 0 amide bonds. The Balaban J connectivity index is 1.70. The number of aryl methyl sites for hydroxylation is 1. The maximum atomic E-state index is 9.82. The molecule has 4 nitrogen and oxygen atoms in total. The number of aromatic hydroxyl groups is 1. The van der Waals surface area contributed by atoms with Crippen LogP contribution in [0.25, 0.3) is 11.3 Å². The molecule has 0 aliphatic heterocycles. The van der Waals surface area contributed by atoms with Crippen LogP contribution in [0.3, 0.4) is 0 Å². The van der Waals surface area contributed by atoms with Crippen LogP contribution < -0.4 is 5.32 Å². The zero-order valence-electron chi connectivity index (χ0n) is 11.7. The number of nitrogens with one attached hydrogen (secondary N) is 1. The molecular weight excluding hydrogens is 264 g/mol. The molecule has 1 aromatic heterocycles. The summed E-state index contributed by atoms with van der Waals surface area (Å²) in [5.41, 5.74) is 3.98. The molecule has 0 atom stereocenters. The lowest BCUT2D eigenvalue weighted by Crippen LogP contribution is -1.99. The van der Waals surface area contributed by atoms with E-state index in [1.807, 2.05) is 43.3 Å². The predicted molar refractivity (Wildman–Crippen MR) is 82.1 cm³/mol. The monoisotopic (exact) mass is 280 g/mol. The van der Waals surface area contributed by atoms with Crippen molar-refractivity contribution in [2.24, 2.45) is 0 Å². The maximum absolute atomic E-state index is 9.82. The molecule has 0 aliphatic carbocycles. The Kier molecular flexibility index (Phi) is 3.60. The number of hydrogen-bond acceptors (Lipinski definition) is 4. The zero-order chi connectivity index (χ0) is 14.7. The minimum atomic E-state index is 0.311. The van der Waals surface area contributed by atoms with E-state index in [2.05, 4.69) is 10.3 Å². The van der Waals surface area contributed by atoms with Crippen LogP contribution >= 0.6 is 0 Å². The lowest BCUT2D eigenvalue weighted by Gasteiger charge is -2.09. The third-order valence-corrected chi connectivity index (χ3v) is 3.32. The molecule has 0 aliphatic rings. The number of hydrogen-bond donors (Lipinski definition) is 2. The van der Waals surface area contributed by atoms with Crippen molar-refractivity contribution < 1.29 is 9.52 Å². The highest BCUT2D eigenvalue weighted by Gasteiger charge is 2.03. The summed E-state index contributed by atoms with van der Waals surface area (Å²) < 4.78 is 5.25. The van der Waals surface area contributed by atoms with E-state index in [4.69, 9.17) is 4.42 Å². The lowest BCUT2D eigenvalue weighted by atomic mass is 10.1. The number of anilines is 1. The maximum Gasteiger partial charge on any atom is 0.181 e. The van der Waals surface area contributed by atoms with Crippen molar-refractivity contribution in [2.75, 3.05) is 5.32 Å². The van der Waals surface area contributed by atoms with Gasteiger partial charge < -0.3 is 14.8 Å². The molecule has 2 N–H and O–H groups in total. The molecule has 0 saturated carbocycles. The fourth-order valence-electron chi connectivity index (χ4n) is 2.16. The highest BCUT2D eigenvalue weighted by Crippen LogP contribution is 2.23. The second kappa shape index (κ2) is 5.71. The van der Waals surface area contributed by atoms with Gasteiger partial charge in [-0.2, -0.15) is 0 Å². The molecule has 3 aromatic rings. The van der Waals surface area contributed by atoms with E-state index in [-0.39, 0.29) is 0 Å². The van der Waals surface area contributed by atoms with Crippen molar-refractivity contribution in [3.8, 4) is 17.1 Å². The Hall–Kier alpha value is -2.75. The highest BCUT2D eigenvalue weighted by molar-refractivity contribution is 5.60. The van der Waals surface area contributed by atoms with Crippen LogP contribution in [0, 0.1) is 6.92 Å². The minimum Gasteiger partial charge on any atom is -0.508 e. The number of oxazole rings is 1. The fraction of sp³-hybridized carbons (Fsp3) is 0.118. The van der Waals surface area contributed by atoms with Crippen LogP contribution in [0.1, 0.15) is 11.1 Å². The van der Waals surface area contributed by atoms with Crippen molar-refractivity contribution in [1.29, 1.82) is 0 Å². The number of benzene rings is 2. The normalized spacial score (nSPS) is 10.5. The summed E-state index contributed by atoms with van der Waals surface area (Å²) in [5.74, 6) is 1.06. The van der Waals surface area contributed by atoms with Gasteiger partial charge in [0, 0.05) is 23.4 Å². The van der Waals surface area contributed by atoms with Gasteiger partial charge in [-0.3, -0.25) is 0 Å². The Bertz CT molecular complexity index is 719. The molecule has 21 heavy (non-hydrogen) atoms. The molecule has 0 unspecified atom stereocenters. The summed E-state index contributed by atoms with van der Waals surface area (Å²) in [7, 11) is 0. The van der Waals surface area contributed by atoms with Crippen LogP contribution in [0.15, 0.2) is 59.5 Å². The molecule has 106 valence electrons. The van der Waals surface area contributed by atoms with Crippen molar-refractivity contribution in [3.63, 3.8) is 0 Å². The predicted octanol–water partition coefficient (Wildman–Crippen LogP) is 3.97. The van der Waals surface area contributed by atoms with Crippen molar-refractivity contribution in [2.45, 2.75) is 13.5 Å². The van der Waals surface area contributed by atoms with Gasteiger partial charge in [-0.15, -0.1) is 0 Å². The summed E-state index contributed by atoms with van der Waals surface area (Å²) >= 11 is 0. The first-order valence-corrected chi connectivity index (χ1v) is 6.74. The van der Waals surface area contributed by atoms with Crippen molar-refractivity contribution in [1.82, 2.24) is 4.98 Å². The summed E-state index contributed by atoms with van der Waals surface area (Å²) in [6.45, 7) is 2.59. The molecule has 1 heterocycles. The first kappa shape index (κ1) is 13.2. The van der Waals surface area contributed by atoms with E-state index < -0.39 is 0 Å². The minimum absolute atomic E-state index is 0.311. The molecule has 0 saturated heterocycles. The second-order valence-electron chi connectivity index (χ2n) is 4.93. The SMILES string of the molecule is Cc1ccc(O)c(CNc2ccc(-c3cnco3)cc2)c1. The number of aromatic nitrogens is 1. The number of rotatable bonds is 4. The van der Waals surface area contributed by atoms with Crippen LogP contribution in [-0.4, -0.2) is 10.1 Å². The standard InChI is InChI=1S/C17H16N2O2/c1-12-2-7-16(20)14(8-12)9-19-15-5-3-13(4-6-15)17-10-18-11-21-17/h2-8,10-11,19-20H,9H2,1H3. The molecule has 0 fully saturated rings. The first-order chi connectivity index (χ1) is 10.2. The molecule has 4 heteroatoms. The Labute approximate surface area is 123 Å². The topological polar surface area (TPSA) is 58.3 Å². The van der Waals surface area contributed by atoms with Crippen LogP contribution in [0.5, 0.6) is 5.75 Å². The van der Waals surface area contributed by atoms with Crippen LogP contribution in [0.4, 0.5) is 5.69 Å². The summed E-state index contributed by atoms with van der Waals surface area (Å²) in [4.78, 5) is 3.90. The van der Waals surface area contributed by atoms with Gasteiger partial charge in [0.1, 0.15) is 5.75 Å². The van der Waals surface area contributed by atoms with Gasteiger partial charge >= 0.3 is 0 Å². The molecular formula is C17H16N2O2. The average molecular weight is 280 g/mol. The number of phenolic OH excluding ortho intramolecular Hbond substituents is 1. The molecule has 0 radical (unpaired) electrons. The van der Waals surface area contributed by atoms with Crippen LogP contribution in [0.2, 0.25) is 0 Å². The van der Waals surface area contributed by atoms with E-state index in [9.17, 15) is 5.11 Å². The van der Waals surface area contributed by atoms with Gasteiger partial charge in [0.05, 0.1) is 6.20 Å². The third-order valence-electron chi connectivity index (χ3n) is 3.32. The van der Waals surface area contributed by atoms with E-state index in [0.29, 0.717) is 12.3 Å². The largest absolute Gasteiger partial charge is 0.508 e.